The Bertz CT molecular complexity index is 576. The Labute approximate surface area is 98.1 Å². The quantitative estimate of drug-likeness (QED) is 0.907. The van der Waals surface area contributed by atoms with Gasteiger partial charge in [0.2, 0.25) is 10.0 Å². The highest BCUT2D eigenvalue weighted by molar-refractivity contribution is 7.89. The summed E-state index contributed by atoms with van der Waals surface area (Å²) in [5, 5.41) is 0. The Balaban J connectivity index is 2.11. The molecule has 0 fully saturated rings. The van der Waals surface area contributed by atoms with Crippen LogP contribution in [0.15, 0.2) is 52.2 Å². The van der Waals surface area contributed by atoms with E-state index in [0.29, 0.717) is 0 Å². The maximum atomic E-state index is 12.7. The summed E-state index contributed by atoms with van der Waals surface area (Å²) in [5.41, 5.74) is 0.718. The molecule has 0 spiro atoms. The first kappa shape index (κ1) is 11.8. The van der Waals surface area contributed by atoms with Crippen molar-refractivity contribution in [2.45, 2.75) is 11.4 Å². The van der Waals surface area contributed by atoms with E-state index < -0.39 is 15.8 Å². The molecule has 0 aliphatic rings. The molecule has 17 heavy (non-hydrogen) atoms. The smallest absolute Gasteiger partial charge is 0.240 e. The van der Waals surface area contributed by atoms with Gasteiger partial charge in [-0.1, -0.05) is 0 Å². The lowest BCUT2D eigenvalue weighted by Gasteiger charge is -2.05. The van der Waals surface area contributed by atoms with Crippen LogP contribution in [0.2, 0.25) is 0 Å². The average molecular weight is 255 g/mol. The van der Waals surface area contributed by atoms with Crippen LogP contribution in [-0.4, -0.2) is 8.42 Å². The van der Waals surface area contributed by atoms with Crippen LogP contribution < -0.4 is 4.72 Å². The lowest BCUT2D eigenvalue weighted by Crippen LogP contribution is -2.22. The largest absolute Gasteiger partial charge is 0.472 e. The monoisotopic (exact) mass is 255 g/mol. The fraction of sp³-hybridized carbons (Fsp3) is 0.0909. The van der Waals surface area contributed by atoms with Crippen LogP contribution in [-0.2, 0) is 16.6 Å². The van der Waals surface area contributed by atoms with Crippen LogP contribution in [0, 0.1) is 5.82 Å². The summed E-state index contributed by atoms with van der Waals surface area (Å²) in [4.78, 5) is 0.0300. The molecule has 4 nitrogen and oxygen atoms in total. The third kappa shape index (κ3) is 2.92. The molecule has 0 saturated heterocycles. The molecular formula is C11H10FNO3S. The number of hydrogen-bond donors (Lipinski definition) is 1. The average Bonchev–Trinajstić information content (AvgIpc) is 2.80. The van der Waals surface area contributed by atoms with Crippen molar-refractivity contribution < 1.29 is 17.2 Å². The van der Waals surface area contributed by atoms with Crippen molar-refractivity contribution in [2.24, 2.45) is 0 Å². The summed E-state index contributed by atoms with van der Waals surface area (Å²) in [7, 11) is -3.61. The molecule has 90 valence electrons. The predicted molar refractivity (Wildman–Crippen MR) is 59.1 cm³/mol. The zero-order valence-electron chi connectivity index (χ0n) is 8.76. The van der Waals surface area contributed by atoms with Crippen molar-refractivity contribution in [3.05, 3.63) is 54.2 Å². The second kappa shape index (κ2) is 4.68. The molecule has 0 aliphatic heterocycles. The minimum absolute atomic E-state index is 0.0300. The molecule has 0 amide bonds. The van der Waals surface area contributed by atoms with Crippen LogP contribution >= 0.6 is 0 Å². The molecule has 2 rings (SSSR count). The van der Waals surface area contributed by atoms with Crippen molar-refractivity contribution in [1.29, 1.82) is 0 Å². The van der Waals surface area contributed by atoms with Crippen molar-refractivity contribution in [2.75, 3.05) is 0 Å². The van der Waals surface area contributed by atoms with Gasteiger partial charge >= 0.3 is 0 Å². The summed E-state index contributed by atoms with van der Waals surface area (Å²) >= 11 is 0. The van der Waals surface area contributed by atoms with E-state index in [4.69, 9.17) is 4.42 Å². The Morgan fingerprint density at radius 3 is 2.47 bits per heavy atom. The normalized spacial score (nSPS) is 11.6. The number of benzene rings is 1. The molecular weight excluding hydrogens is 245 g/mol. The molecule has 0 atom stereocenters. The second-order valence-corrected chi connectivity index (χ2v) is 5.18. The zero-order valence-corrected chi connectivity index (χ0v) is 9.58. The maximum Gasteiger partial charge on any atom is 0.240 e. The van der Waals surface area contributed by atoms with Crippen molar-refractivity contribution in [3.63, 3.8) is 0 Å². The molecule has 1 N–H and O–H groups in total. The first-order valence-electron chi connectivity index (χ1n) is 4.84. The van der Waals surface area contributed by atoms with Gasteiger partial charge in [0.1, 0.15) is 5.82 Å². The van der Waals surface area contributed by atoms with E-state index in [-0.39, 0.29) is 11.4 Å². The second-order valence-electron chi connectivity index (χ2n) is 3.41. The Morgan fingerprint density at radius 1 is 1.18 bits per heavy atom. The number of halogens is 1. The fourth-order valence-corrected chi connectivity index (χ4v) is 2.29. The van der Waals surface area contributed by atoms with Gasteiger partial charge < -0.3 is 4.42 Å². The van der Waals surface area contributed by atoms with E-state index in [9.17, 15) is 12.8 Å². The minimum atomic E-state index is -3.61. The van der Waals surface area contributed by atoms with Gasteiger partial charge in [-0.15, -0.1) is 0 Å². The molecule has 1 aromatic carbocycles. The summed E-state index contributed by atoms with van der Waals surface area (Å²) < 4.78 is 43.4. The van der Waals surface area contributed by atoms with E-state index in [1.165, 1.54) is 24.7 Å². The first-order chi connectivity index (χ1) is 8.08. The third-order valence-corrected chi connectivity index (χ3v) is 3.59. The van der Waals surface area contributed by atoms with Gasteiger partial charge in [0.25, 0.3) is 0 Å². The van der Waals surface area contributed by atoms with Gasteiger partial charge in [-0.2, -0.15) is 0 Å². The summed E-state index contributed by atoms with van der Waals surface area (Å²) in [5.74, 6) is -0.473. The van der Waals surface area contributed by atoms with Crippen LogP contribution in [0.4, 0.5) is 4.39 Å². The molecule has 0 saturated carbocycles. The van der Waals surface area contributed by atoms with E-state index in [1.54, 1.807) is 6.07 Å². The molecule has 2 aromatic rings. The van der Waals surface area contributed by atoms with Crippen LogP contribution in [0.1, 0.15) is 5.56 Å². The minimum Gasteiger partial charge on any atom is -0.472 e. The van der Waals surface area contributed by atoms with Crippen LogP contribution in [0.25, 0.3) is 0 Å². The van der Waals surface area contributed by atoms with Crippen molar-refractivity contribution >= 4 is 10.0 Å². The number of nitrogens with one attached hydrogen (secondary N) is 1. The Kier molecular flexibility index (Phi) is 3.26. The lowest BCUT2D eigenvalue weighted by atomic mass is 10.3. The van der Waals surface area contributed by atoms with Gasteiger partial charge in [-0.3, -0.25) is 0 Å². The van der Waals surface area contributed by atoms with Crippen LogP contribution in [0.3, 0.4) is 0 Å². The summed E-state index contributed by atoms with van der Waals surface area (Å²) in [6, 6.07) is 6.30. The SMILES string of the molecule is O=S(=O)(NCc1ccoc1)c1ccc(F)cc1. The Hall–Kier alpha value is -1.66. The molecule has 0 radical (unpaired) electrons. The molecule has 1 aromatic heterocycles. The lowest BCUT2D eigenvalue weighted by molar-refractivity contribution is 0.561. The van der Waals surface area contributed by atoms with E-state index in [2.05, 4.69) is 4.72 Å². The number of furan rings is 1. The first-order valence-corrected chi connectivity index (χ1v) is 6.32. The topological polar surface area (TPSA) is 59.3 Å². The molecule has 6 heteroatoms. The van der Waals surface area contributed by atoms with Gasteiger partial charge in [-0.05, 0) is 30.3 Å². The highest BCUT2D eigenvalue weighted by Crippen LogP contribution is 2.10. The van der Waals surface area contributed by atoms with Gasteiger partial charge in [-0.25, -0.2) is 17.5 Å². The maximum absolute atomic E-state index is 12.7. The van der Waals surface area contributed by atoms with E-state index in [1.807, 2.05) is 0 Å². The third-order valence-electron chi connectivity index (χ3n) is 2.17. The molecule has 1 heterocycles. The highest BCUT2D eigenvalue weighted by Gasteiger charge is 2.13. The number of rotatable bonds is 4. The van der Waals surface area contributed by atoms with E-state index >= 15 is 0 Å². The van der Waals surface area contributed by atoms with Gasteiger partial charge in [0.15, 0.2) is 0 Å². The predicted octanol–water partition coefficient (Wildman–Crippen LogP) is 1.90. The van der Waals surface area contributed by atoms with Crippen molar-refractivity contribution in [3.8, 4) is 0 Å². The van der Waals surface area contributed by atoms with Crippen LogP contribution in [0.5, 0.6) is 0 Å². The van der Waals surface area contributed by atoms with Gasteiger partial charge in [0, 0.05) is 12.1 Å². The standard InChI is InChI=1S/C11H10FNO3S/c12-10-1-3-11(4-2-10)17(14,15)13-7-9-5-6-16-8-9/h1-6,8,13H,7H2. The number of sulfonamides is 1. The molecule has 0 aliphatic carbocycles. The van der Waals surface area contributed by atoms with Crippen molar-refractivity contribution in [1.82, 2.24) is 4.72 Å². The fourth-order valence-electron chi connectivity index (χ4n) is 1.27. The van der Waals surface area contributed by atoms with E-state index in [0.717, 1.165) is 17.7 Å². The molecule has 0 bridgehead atoms. The highest BCUT2D eigenvalue weighted by atomic mass is 32.2. The molecule has 0 unspecified atom stereocenters. The van der Waals surface area contributed by atoms with Gasteiger partial charge in [0.05, 0.1) is 17.4 Å². The zero-order chi connectivity index (χ0) is 12.3. The number of hydrogen-bond acceptors (Lipinski definition) is 3. The summed E-state index contributed by atoms with van der Waals surface area (Å²) in [6.45, 7) is 0.135. The Morgan fingerprint density at radius 2 is 1.88 bits per heavy atom. The summed E-state index contributed by atoms with van der Waals surface area (Å²) in [6.07, 6.45) is 2.91.